The van der Waals surface area contributed by atoms with Gasteiger partial charge in [-0.3, -0.25) is 4.79 Å². The van der Waals surface area contributed by atoms with Gasteiger partial charge in [0.05, 0.1) is 42.0 Å². The molecule has 2 heterocycles. The van der Waals surface area contributed by atoms with E-state index in [-0.39, 0.29) is 38.2 Å². The molecule has 0 spiro atoms. The van der Waals surface area contributed by atoms with Crippen LogP contribution in [0, 0.1) is 28.6 Å². The summed E-state index contributed by atoms with van der Waals surface area (Å²) >= 11 is 0. The molecular weight excluding hydrogens is 580 g/mol. The van der Waals surface area contributed by atoms with Gasteiger partial charge in [-0.15, -0.1) is 0 Å². The van der Waals surface area contributed by atoms with Gasteiger partial charge in [-0.2, -0.15) is 0 Å². The number of cyclic esters (lactones) is 1. The van der Waals surface area contributed by atoms with Crippen LogP contribution in [-0.2, 0) is 28.5 Å². The molecule has 1 saturated heterocycles. The van der Waals surface area contributed by atoms with Gasteiger partial charge in [-0.05, 0) is 50.5 Å². The molecule has 0 bridgehead atoms. The summed E-state index contributed by atoms with van der Waals surface area (Å²) in [5.74, 6) is -2.51. The molecule has 248 valence electrons. The van der Waals surface area contributed by atoms with E-state index in [1.165, 1.54) is 19.9 Å². The zero-order chi connectivity index (χ0) is 32.0. The molecule has 0 aromatic heterocycles. The van der Waals surface area contributed by atoms with Crippen LogP contribution in [0.3, 0.4) is 0 Å². The summed E-state index contributed by atoms with van der Waals surface area (Å²) in [6.07, 6.45) is -6.98. The first-order valence-electron chi connectivity index (χ1n) is 15.8. The Labute approximate surface area is 255 Å². The van der Waals surface area contributed by atoms with E-state index in [0.717, 1.165) is 5.57 Å². The fourth-order valence-electron chi connectivity index (χ4n) is 10.6. The summed E-state index contributed by atoms with van der Waals surface area (Å²) < 4.78 is 23.1. The van der Waals surface area contributed by atoms with Crippen molar-refractivity contribution >= 4 is 11.9 Å². The van der Waals surface area contributed by atoms with Crippen LogP contribution in [0.1, 0.15) is 65.7 Å². The fraction of sp³-hybridized carbons (Fsp3) is 0.871. The summed E-state index contributed by atoms with van der Waals surface area (Å²) in [6, 6.07) is 0. The number of carbonyl (C=O) groups excluding carboxylic acids is 2. The summed E-state index contributed by atoms with van der Waals surface area (Å²) in [5.41, 5.74) is -4.40. The number of fused-ring (bicyclic) bond motifs is 5. The minimum absolute atomic E-state index is 0.0625. The molecule has 4 saturated carbocycles. The van der Waals surface area contributed by atoms with Gasteiger partial charge < -0.3 is 54.7 Å². The molecule has 0 aromatic carbocycles. The van der Waals surface area contributed by atoms with Gasteiger partial charge in [0, 0.05) is 43.1 Å². The lowest BCUT2D eigenvalue weighted by Crippen LogP contribution is -2.76. The van der Waals surface area contributed by atoms with Crippen molar-refractivity contribution in [3.05, 3.63) is 11.6 Å². The molecule has 2 aliphatic heterocycles. The third kappa shape index (κ3) is 4.38. The first-order valence-corrected chi connectivity index (χ1v) is 15.8. The number of rotatable bonds is 5. The average molecular weight is 627 g/mol. The van der Waals surface area contributed by atoms with Crippen LogP contribution < -0.4 is 0 Å². The Balaban J connectivity index is 1.33. The molecule has 6 rings (SSSR count). The van der Waals surface area contributed by atoms with Crippen molar-refractivity contribution in [3.8, 4) is 0 Å². The lowest BCUT2D eigenvalue weighted by Gasteiger charge is -2.69. The quantitative estimate of drug-likeness (QED) is 0.145. The number of aliphatic hydroxyl groups is 7. The first-order chi connectivity index (χ1) is 20.6. The Kier molecular flexibility index (Phi) is 8.03. The Morgan fingerprint density at radius 3 is 2.43 bits per heavy atom. The zero-order valence-electron chi connectivity index (χ0n) is 25.4. The topological polar surface area (TPSA) is 213 Å². The van der Waals surface area contributed by atoms with Gasteiger partial charge in [0.15, 0.2) is 6.29 Å². The monoisotopic (exact) mass is 626 g/mol. The molecule has 15 atom stereocenters. The number of esters is 2. The molecule has 6 aliphatic rings. The molecule has 0 amide bonds. The maximum Gasteiger partial charge on any atom is 0.331 e. The third-order valence-electron chi connectivity index (χ3n) is 12.5. The van der Waals surface area contributed by atoms with Crippen LogP contribution in [-0.4, -0.2) is 121 Å². The van der Waals surface area contributed by atoms with Crippen LogP contribution in [0.25, 0.3) is 0 Å². The van der Waals surface area contributed by atoms with E-state index in [1.54, 1.807) is 0 Å². The van der Waals surface area contributed by atoms with Crippen molar-refractivity contribution in [2.45, 2.75) is 126 Å². The molecule has 13 nitrogen and oxygen atoms in total. The average Bonchev–Trinajstić information content (AvgIpc) is 3.49. The largest absolute Gasteiger partial charge is 0.458 e. The number of hydrogen-bond acceptors (Lipinski definition) is 13. The van der Waals surface area contributed by atoms with E-state index in [0.29, 0.717) is 19.3 Å². The Hall–Kier alpha value is -1.68. The van der Waals surface area contributed by atoms with E-state index in [2.05, 4.69) is 0 Å². The minimum Gasteiger partial charge on any atom is -0.458 e. The van der Waals surface area contributed by atoms with Crippen molar-refractivity contribution in [1.82, 2.24) is 0 Å². The van der Waals surface area contributed by atoms with Crippen molar-refractivity contribution in [2.75, 3.05) is 13.2 Å². The van der Waals surface area contributed by atoms with E-state index in [1.807, 2.05) is 6.92 Å². The maximum atomic E-state index is 12.7. The second-order valence-corrected chi connectivity index (χ2v) is 14.4. The van der Waals surface area contributed by atoms with Gasteiger partial charge in [-0.1, -0.05) is 6.92 Å². The molecule has 0 aromatic rings. The third-order valence-corrected chi connectivity index (χ3v) is 12.5. The predicted molar refractivity (Wildman–Crippen MR) is 148 cm³/mol. The molecule has 5 fully saturated rings. The van der Waals surface area contributed by atoms with Gasteiger partial charge >= 0.3 is 11.9 Å². The van der Waals surface area contributed by atoms with Crippen molar-refractivity contribution in [1.29, 1.82) is 0 Å². The Morgan fingerprint density at radius 1 is 1.07 bits per heavy atom. The van der Waals surface area contributed by atoms with E-state index >= 15 is 0 Å². The maximum absolute atomic E-state index is 12.7. The molecular formula is C31H46O13. The van der Waals surface area contributed by atoms with Crippen LogP contribution >= 0.6 is 0 Å². The summed E-state index contributed by atoms with van der Waals surface area (Å²) in [4.78, 5) is 24.7. The van der Waals surface area contributed by atoms with Gasteiger partial charge in [0.2, 0.25) is 0 Å². The first kappa shape index (κ1) is 32.3. The normalized spacial score (nSPS) is 53.6. The van der Waals surface area contributed by atoms with Crippen LogP contribution in [0.4, 0.5) is 0 Å². The number of hydrogen-bond donors (Lipinski definition) is 7. The van der Waals surface area contributed by atoms with E-state index in [4.69, 9.17) is 18.9 Å². The molecule has 4 aliphatic carbocycles. The lowest BCUT2D eigenvalue weighted by atomic mass is 9.40. The lowest BCUT2D eigenvalue weighted by molar-refractivity contribution is -0.342. The van der Waals surface area contributed by atoms with Crippen molar-refractivity contribution < 1.29 is 64.3 Å². The zero-order valence-corrected chi connectivity index (χ0v) is 25.4. The highest BCUT2D eigenvalue weighted by Crippen LogP contribution is 2.71. The molecule has 44 heavy (non-hydrogen) atoms. The standard InChI is InChI=1S/C31H46O13/c1-14-24(37)25(38)26(39)27(42-14)43-17-9-21(35)30(13-32)23-19(4-6-29(30,40)10-17)31(44-15(2)33)7-5-18(16-8-22(36)41-12-16)28(31,3)11-20(23)34/h8,14,17-21,23-27,32,34-35,37-40H,4-7,9-13H2,1-3H3/t14-,17-,18+,19+,20+,21+,23+,24-,25+,26+,27-,28+,29-,30+,31-/m0/s1. The highest BCUT2D eigenvalue weighted by molar-refractivity contribution is 5.85. The van der Waals surface area contributed by atoms with Crippen molar-refractivity contribution in [2.24, 2.45) is 28.6 Å². The van der Waals surface area contributed by atoms with Gasteiger partial charge in [0.25, 0.3) is 0 Å². The Bertz CT molecular complexity index is 1190. The smallest absolute Gasteiger partial charge is 0.331 e. The van der Waals surface area contributed by atoms with Crippen LogP contribution in [0.5, 0.6) is 0 Å². The number of aliphatic hydroxyl groups excluding tert-OH is 6. The molecule has 13 heteroatoms. The highest BCUT2D eigenvalue weighted by atomic mass is 16.7. The molecule has 7 N–H and O–H groups in total. The van der Waals surface area contributed by atoms with Gasteiger partial charge in [0.1, 0.15) is 30.5 Å². The highest BCUT2D eigenvalue weighted by Gasteiger charge is 2.77. The SMILES string of the molecule is CC(=O)O[C@]12CC[C@H](C3=CC(=O)OC3)[C@@]1(C)C[C@@H](O)[C@H]1[C@H]2CC[C@]2(O)C[C@@H](O[C@@H]3O[C@@H](C)[C@H](O)[C@@H](O)[C@H]3O)C[C@@H](O)[C@]12CO. The van der Waals surface area contributed by atoms with E-state index in [9.17, 15) is 45.3 Å². The second-order valence-electron chi connectivity index (χ2n) is 14.4. The number of carbonyl (C=O) groups is 2. The Morgan fingerprint density at radius 2 is 1.80 bits per heavy atom. The number of ether oxygens (including phenoxy) is 4. The van der Waals surface area contributed by atoms with E-state index < -0.39 is 101 Å². The fourth-order valence-corrected chi connectivity index (χ4v) is 10.6. The summed E-state index contributed by atoms with van der Waals surface area (Å²) in [6.45, 7) is 4.31. The summed E-state index contributed by atoms with van der Waals surface area (Å²) in [5, 5.41) is 78.0. The summed E-state index contributed by atoms with van der Waals surface area (Å²) in [7, 11) is 0. The van der Waals surface area contributed by atoms with Crippen molar-refractivity contribution in [3.63, 3.8) is 0 Å². The van der Waals surface area contributed by atoms with Crippen LogP contribution in [0.15, 0.2) is 11.6 Å². The van der Waals surface area contributed by atoms with Crippen LogP contribution in [0.2, 0.25) is 0 Å². The second kappa shape index (κ2) is 11.0. The minimum atomic E-state index is -1.72. The predicted octanol–water partition coefficient (Wildman–Crippen LogP) is -0.944. The molecule has 0 radical (unpaired) electrons. The molecule has 0 unspecified atom stereocenters. The van der Waals surface area contributed by atoms with Gasteiger partial charge in [-0.25, -0.2) is 4.79 Å².